The highest BCUT2D eigenvalue weighted by atomic mass is 127. The number of carbonyl (C=O) groups excluding carboxylic acids is 2. The van der Waals surface area contributed by atoms with Gasteiger partial charge in [0.25, 0.3) is 0 Å². The second-order valence-electron chi connectivity index (χ2n) is 18.3. The van der Waals surface area contributed by atoms with E-state index in [9.17, 15) is 19.8 Å². The molecule has 0 aromatic heterocycles. The first-order valence-electron chi connectivity index (χ1n) is 20.8. The SMILES string of the molecule is CC(=O)OC1CC2(C)C(C[C@H](O)C3C4(C)CC[C@H](O)C(C)C4CCC32C)C1C(CCCC(C)C)C(=O)NCCCNCCCCNCCCNI. The van der Waals surface area contributed by atoms with E-state index in [0.717, 1.165) is 110 Å². The summed E-state index contributed by atoms with van der Waals surface area (Å²) in [7, 11) is 0. The fraction of sp³-hybridized carbons (Fsp3) is 0.951. The van der Waals surface area contributed by atoms with Crippen molar-refractivity contribution in [1.82, 2.24) is 19.5 Å². The molecule has 4 aliphatic carbocycles. The van der Waals surface area contributed by atoms with E-state index in [4.69, 9.17) is 4.74 Å². The molecule has 0 saturated heterocycles. The lowest BCUT2D eigenvalue weighted by atomic mass is 9.36. The van der Waals surface area contributed by atoms with E-state index in [1.807, 2.05) is 0 Å². The normalized spacial score (nSPS) is 38.1. The molecule has 6 N–H and O–H groups in total. The Hall–Kier alpha value is -0.530. The van der Waals surface area contributed by atoms with Crippen molar-refractivity contribution in [2.24, 2.45) is 57.7 Å². The number of aliphatic hydroxyl groups is 2. The lowest BCUT2D eigenvalue weighted by Gasteiger charge is -2.69. The number of hydrogen-bond acceptors (Lipinski definition) is 8. The zero-order valence-corrected chi connectivity index (χ0v) is 35.4. The zero-order chi connectivity index (χ0) is 37.4. The van der Waals surface area contributed by atoms with Gasteiger partial charge in [-0.05, 0) is 143 Å². The molecule has 1 amide bonds. The number of unbranched alkanes of at least 4 members (excludes halogenated alkanes) is 1. The molecule has 0 heterocycles. The molecular weight excluding hydrogens is 755 g/mol. The van der Waals surface area contributed by atoms with Gasteiger partial charge in [0, 0.05) is 54.7 Å². The van der Waals surface area contributed by atoms with Crippen LogP contribution >= 0.6 is 22.9 Å². The summed E-state index contributed by atoms with van der Waals surface area (Å²) in [4.78, 5) is 27.0. The molecule has 12 atom stereocenters. The minimum Gasteiger partial charge on any atom is -0.462 e. The van der Waals surface area contributed by atoms with Crippen molar-refractivity contribution < 1.29 is 24.5 Å². The third-order valence-electron chi connectivity index (χ3n) is 14.8. The van der Waals surface area contributed by atoms with Crippen LogP contribution in [0.5, 0.6) is 0 Å². The largest absolute Gasteiger partial charge is 0.462 e. The summed E-state index contributed by atoms with van der Waals surface area (Å²) in [6.07, 6.45) is 11.1. The minimum absolute atomic E-state index is 0.0566. The molecule has 10 unspecified atom stereocenters. The highest BCUT2D eigenvalue weighted by Crippen LogP contribution is 2.74. The van der Waals surface area contributed by atoms with Crippen LogP contribution in [0.4, 0.5) is 0 Å². The Balaban J connectivity index is 1.45. The number of ether oxygens (including phenoxy) is 1. The van der Waals surface area contributed by atoms with Crippen molar-refractivity contribution in [3.63, 3.8) is 0 Å². The third kappa shape index (κ3) is 9.83. The van der Waals surface area contributed by atoms with Gasteiger partial charge in [0.2, 0.25) is 5.91 Å². The van der Waals surface area contributed by atoms with Gasteiger partial charge in [-0.15, -0.1) is 0 Å². The molecule has 0 aromatic rings. The molecule has 4 rings (SSSR count). The molecule has 4 saturated carbocycles. The van der Waals surface area contributed by atoms with Crippen LogP contribution in [0.2, 0.25) is 0 Å². The van der Waals surface area contributed by atoms with E-state index in [1.165, 1.54) is 6.92 Å². The fourth-order valence-electron chi connectivity index (χ4n) is 12.2. The molecule has 296 valence electrons. The van der Waals surface area contributed by atoms with Crippen LogP contribution in [0.25, 0.3) is 0 Å². The third-order valence-corrected chi connectivity index (χ3v) is 15.3. The molecule has 51 heavy (non-hydrogen) atoms. The Morgan fingerprint density at radius 3 is 2.10 bits per heavy atom. The van der Waals surface area contributed by atoms with E-state index in [0.29, 0.717) is 24.8 Å². The monoisotopic (exact) mass is 830 g/mol. The van der Waals surface area contributed by atoms with Gasteiger partial charge in [0.15, 0.2) is 0 Å². The summed E-state index contributed by atoms with van der Waals surface area (Å²) in [5, 5.41) is 33.5. The van der Waals surface area contributed by atoms with E-state index >= 15 is 0 Å². The number of fused-ring (bicyclic) bond motifs is 5. The van der Waals surface area contributed by atoms with Crippen LogP contribution in [0, 0.1) is 57.7 Å². The second-order valence-corrected chi connectivity index (χ2v) is 19.1. The molecule has 0 bridgehead atoms. The lowest BCUT2D eigenvalue weighted by molar-refractivity contribution is -0.239. The van der Waals surface area contributed by atoms with Gasteiger partial charge in [0.05, 0.1) is 12.2 Å². The molecule has 4 fully saturated rings. The Kier molecular flexibility index (Phi) is 16.4. The summed E-state index contributed by atoms with van der Waals surface area (Å²) in [6, 6.07) is 0. The van der Waals surface area contributed by atoms with Crippen molar-refractivity contribution >= 4 is 34.7 Å². The second kappa shape index (κ2) is 19.4. The number of halogens is 1. The summed E-state index contributed by atoms with van der Waals surface area (Å²) in [5.74, 6) is 0.762. The number of esters is 1. The summed E-state index contributed by atoms with van der Waals surface area (Å²) < 4.78 is 9.38. The fourth-order valence-corrected chi connectivity index (χ4v) is 12.5. The smallest absolute Gasteiger partial charge is 0.302 e. The molecule has 0 spiro atoms. The van der Waals surface area contributed by atoms with Crippen LogP contribution in [-0.2, 0) is 14.3 Å². The zero-order valence-electron chi connectivity index (χ0n) is 33.2. The van der Waals surface area contributed by atoms with Crippen molar-refractivity contribution in [3.05, 3.63) is 0 Å². The van der Waals surface area contributed by atoms with Gasteiger partial charge in [-0.2, -0.15) is 0 Å². The minimum atomic E-state index is -0.485. The number of carbonyl (C=O) groups is 2. The van der Waals surface area contributed by atoms with Crippen LogP contribution in [-0.4, -0.2) is 79.7 Å². The van der Waals surface area contributed by atoms with Crippen LogP contribution in [0.1, 0.15) is 132 Å². The lowest BCUT2D eigenvalue weighted by Crippen LogP contribution is -2.66. The van der Waals surface area contributed by atoms with Crippen LogP contribution < -0.4 is 19.5 Å². The predicted molar refractivity (Wildman–Crippen MR) is 214 cm³/mol. The maximum atomic E-state index is 14.3. The summed E-state index contributed by atoms with van der Waals surface area (Å²) in [6.45, 7) is 21.0. The highest BCUT2D eigenvalue weighted by Gasteiger charge is 2.72. The number of rotatable bonds is 20. The molecule has 0 aliphatic heterocycles. The Morgan fingerprint density at radius 1 is 0.824 bits per heavy atom. The molecular formula is C41H75IN4O5. The van der Waals surface area contributed by atoms with Crippen molar-refractivity contribution in [1.29, 1.82) is 0 Å². The van der Waals surface area contributed by atoms with E-state index in [1.54, 1.807) is 0 Å². The Morgan fingerprint density at radius 2 is 1.47 bits per heavy atom. The Labute approximate surface area is 324 Å². The number of aliphatic hydroxyl groups excluding tert-OH is 2. The molecule has 10 heteroatoms. The maximum Gasteiger partial charge on any atom is 0.302 e. The molecule has 0 radical (unpaired) electrons. The first-order chi connectivity index (χ1) is 24.2. The van der Waals surface area contributed by atoms with Crippen molar-refractivity contribution in [2.75, 3.05) is 39.3 Å². The van der Waals surface area contributed by atoms with E-state index < -0.39 is 6.10 Å². The topological polar surface area (TPSA) is 132 Å². The van der Waals surface area contributed by atoms with Crippen molar-refractivity contribution in [3.8, 4) is 0 Å². The van der Waals surface area contributed by atoms with Gasteiger partial charge in [-0.3, -0.25) is 13.1 Å². The average Bonchev–Trinajstić information content (AvgIpc) is 3.34. The quantitative estimate of drug-likeness (QED) is 0.0361. The van der Waals surface area contributed by atoms with Crippen LogP contribution in [0.3, 0.4) is 0 Å². The predicted octanol–water partition coefficient (Wildman–Crippen LogP) is 6.39. The Bertz CT molecular complexity index is 1110. The maximum absolute atomic E-state index is 14.3. The number of amides is 1. The molecule has 0 aromatic carbocycles. The van der Waals surface area contributed by atoms with E-state index in [2.05, 4.69) is 83.9 Å². The van der Waals surface area contributed by atoms with Gasteiger partial charge >= 0.3 is 5.97 Å². The molecule has 4 aliphatic rings. The van der Waals surface area contributed by atoms with Gasteiger partial charge in [-0.25, -0.2) is 0 Å². The average molecular weight is 831 g/mol. The van der Waals surface area contributed by atoms with Gasteiger partial charge < -0.3 is 30.9 Å². The van der Waals surface area contributed by atoms with Crippen molar-refractivity contribution in [2.45, 2.75) is 150 Å². The first kappa shape index (κ1) is 43.2. The van der Waals surface area contributed by atoms with Gasteiger partial charge in [-0.1, -0.05) is 54.4 Å². The highest BCUT2D eigenvalue weighted by molar-refractivity contribution is 14.1. The number of nitrogens with one attached hydrogen (secondary N) is 4. The summed E-state index contributed by atoms with van der Waals surface area (Å²) in [5.41, 5.74) is -0.404. The standard InChI is InChI=1S/C41H75IN4O5/c1-27(2)13-10-14-30(38(50)45-23-11-21-43-19-8-9-20-44-22-12-24-46-42)36-32-25-34(49)37-39(5)17-16-33(48)28(3)31(39)15-18-40(37,6)41(32,7)26-35(36)51-29(4)47/h27-28,30-37,43-44,46,48-49H,8-26H2,1-7H3,(H,45,50)/t28?,30?,31?,32?,33-,34-,35?,36?,37?,39?,40?,41?/m0/s1. The first-order valence-corrected chi connectivity index (χ1v) is 21.8. The summed E-state index contributed by atoms with van der Waals surface area (Å²) >= 11 is 2.19. The number of hydrogen-bond donors (Lipinski definition) is 6. The molecule has 9 nitrogen and oxygen atoms in total. The van der Waals surface area contributed by atoms with E-state index in [-0.39, 0.29) is 69.9 Å². The van der Waals surface area contributed by atoms with Gasteiger partial charge in [0.1, 0.15) is 6.10 Å². The van der Waals surface area contributed by atoms with Crippen LogP contribution in [0.15, 0.2) is 0 Å².